The van der Waals surface area contributed by atoms with Crippen molar-refractivity contribution in [1.29, 1.82) is 0 Å². The summed E-state index contributed by atoms with van der Waals surface area (Å²) in [5, 5.41) is 4.26. The molecule has 0 aliphatic carbocycles. The van der Waals surface area contributed by atoms with Gasteiger partial charge in [-0.1, -0.05) is 35.9 Å². The Balaban J connectivity index is 1.93. The van der Waals surface area contributed by atoms with E-state index in [1.165, 1.54) is 6.07 Å². The van der Waals surface area contributed by atoms with E-state index in [9.17, 15) is 9.18 Å². The Bertz CT molecular complexity index is 860. The van der Waals surface area contributed by atoms with Crippen LogP contribution in [0.25, 0.3) is 10.9 Å². The molecule has 5 heteroatoms. The number of pyridine rings is 1. The van der Waals surface area contributed by atoms with Gasteiger partial charge in [-0.2, -0.15) is 0 Å². The number of hydrogen-bond acceptors (Lipinski definition) is 2. The lowest BCUT2D eigenvalue weighted by atomic mass is 10.1. The first-order valence-electron chi connectivity index (χ1n) is 6.44. The summed E-state index contributed by atoms with van der Waals surface area (Å²) in [7, 11) is 0. The van der Waals surface area contributed by atoms with Gasteiger partial charge in [0.1, 0.15) is 5.82 Å². The molecule has 0 saturated heterocycles. The highest BCUT2D eigenvalue weighted by Gasteiger charge is 2.06. The number of aromatic nitrogens is 1. The molecule has 1 heterocycles. The zero-order chi connectivity index (χ0) is 14.8. The van der Waals surface area contributed by atoms with Gasteiger partial charge in [0, 0.05) is 17.5 Å². The van der Waals surface area contributed by atoms with Gasteiger partial charge in [0.25, 0.3) is 5.56 Å². The van der Waals surface area contributed by atoms with E-state index in [0.29, 0.717) is 21.8 Å². The van der Waals surface area contributed by atoms with Gasteiger partial charge in [-0.15, -0.1) is 0 Å². The van der Waals surface area contributed by atoms with Crippen molar-refractivity contribution < 1.29 is 4.39 Å². The molecule has 21 heavy (non-hydrogen) atoms. The minimum absolute atomic E-state index is 0.235. The van der Waals surface area contributed by atoms with E-state index >= 15 is 0 Å². The zero-order valence-corrected chi connectivity index (χ0v) is 11.7. The fourth-order valence-electron chi connectivity index (χ4n) is 2.17. The van der Waals surface area contributed by atoms with Crippen molar-refractivity contribution in [2.75, 3.05) is 5.32 Å². The van der Waals surface area contributed by atoms with Crippen molar-refractivity contribution in [2.45, 2.75) is 6.54 Å². The summed E-state index contributed by atoms with van der Waals surface area (Å²) >= 11 is 6.04. The minimum Gasteiger partial charge on any atom is -0.378 e. The largest absolute Gasteiger partial charge is 0.378 e. The van der Waals surface area contributed by atoms with Crippen LogP contribution in [0.2, 0.25) is 5.02 Å². The number of halogens is 2. The molecule has 0 saturated carbocycles. The highest BCUT2D eigenvalue weighted by atomic mass is 35.5. The molecule has 3 nitrogen and oxygen atoms in total. The first-order valence-corrected chi connectivity index (χ1v) is 6.82. The van der Waals surface area contributed by atoms with E-state index in [-0.39, 0.29) is 17.9 Å². The first kappa shape index (κ1) is 13.6. The van der Waals surface area contributed by atoms with Crippen molar-refractivity contribution in [3.05, 3.63) is 75.3 Å². The number of hydrogen-bond donors (Lipinski definition) is 2. The third kappa shape index (κ3) is 2.76. The van der Waals surface area contributed by atoms with E-state index in [4.69, 9.17) is 11.6 Å². The van der Waals surface area contributed by atoms with Crippen molar-refractivity contribution in [1.82, 2.24) is 4.98 Å². The molecule has 2 aromatic carbocycles. The fourth-order valence-corrected chi connectivity index (χ4v) is 2.40. The lowest BCUT2D eigenvalue weighted by molar-refractivity contribution is 0.630. The number of para-hydroxylation sites is 2. The van der Waals surface area contributed by atoms with Gasteiger partial charge >= 0.3 is 0 Å². The molecule has 0 atom stereocenters. The minimum atomic E-state index is -0.349. The molecule has 3 aromatic rings. The molecule has 0 fully saturated rings. The maximum absolute atomic E-state index is 13.5. The topological polar surface area (TPSA) is 44.9 Å². The maximum atomic E-state index is 13.5. The molecule has 1 aromatic heterocycles. The summed E-state index contributed by atoms with van der Waals surface area (Å²) in [4.78, 5) is 14.8. The Morgan fingerprint density at radius 3 is 2.76 bits per heavy atom. The molecule has 0 aliphatic rings. The van der Waals surface area contributed by atoms with E-state index in [0.717, 1.165) is 5.39 Å². The van der Waals surface area contributed by atoms with Crippen LogP contribution in [0, 0.1) is 5.82 Å². The summed E-state index contributed by atoms with van der Waals surface area (Å²) in [5.41, 5.74) is 1.26. The standard InChI is InChI=1S/C16H12ClFN2O/c17-12-5-3-4-10-8-11(16(21)20-15(10)12)9-19-14-7-2-1-6-13(14)18/h1-8,19H,9H2,(H,20,21). The van der Waals surface area contributed by atoms with E-state index in [2.05, 4.69) is 10.3 Å². The van der Waals surface area contributed by atoms with Gasteiger partial charge in [0.05, 0.1) is 16.2 Å². The van der Waals surface area contributed by atoms with Crippen LogP contribution in [-0.2, 0) is 6.54 Å². The second-order valence-electron chi connectivity index (χ2n) is 4.66. The van der Waals surface area contributed by atoms with E-state index in [1.807, 2.05) is 12.1 Å². The number of rotatable bonds is 3. The van der Waals surface area contributed by atoms with Crippen molar-refractivity contribution in [3.63, 3.8) is 0 Å². The van der Waals surface area contributed by atoms with Crippen LogP contribution in [0.5, 0.6) is 0 Å². The molecule has 0 unspecified atom stereocenters. The Morgan fingerprint density at radius 2 is 1.95 bits per heavy atom. The average Bonchev–Trinajstić information content (AvgIpc) is 2.48. The Morgan fingerprint density at radius 1 is 1.14 bits per heavy atom. The van der Waals surface area contributed by atoms with Crippen LogP contribution in [-0.4, -0.2) is 4.98 Å². The third-order valence-corrected chi connectivity index (χ3v) is 3.56. The predicted molar refractivity (Wildman–Crippen MR) is 83.3 cm³/mol. The average molecular weight is 303 g/mol. The molecule has 0 bridgehead atoms. The number of nitrogens with one attached hydrogen (secondary N) is 2. The molecule has 0 aliphatic heterocycles. The Labute approximate surface area is 125 Å². The molecule has 0 spiro atoms. The van der Waals surface area contributed by atoms with Gasteiger partial charge in [-0.25, -0.2) is 4.39 Å². The molecule has 106 valence electrons. The van der Waals surface area contributed by atoms with E-state index in [1.54, 1.807) is 30.3 Å². The van der Waals surface area contributed by atoms with Gasteiger partial charge in [0.15, 0.2) is 0 Å². The van der Waals surface area contributed by atoms with Crippen LogP contribution in [0.3, 0.4) is 0 Å². The van der Waals surface area contributed by atoms with Crippen molar-refractivity contribution in [2.24, 2.45) is 0 Å². The summed E-state index contributed by atoms with van der Waals surface area (Å²) in [6.07, 6.45) is 0. The Kier molecular flexibility index (Phi) is 3.62. The lowest BCUT2D eigenvalue weighted by Gasteiger charge is -2.08. The monoisotopic (exact) mass is 302 g/mol. The summed E-state index contributed by atoms with van der Waals surface area (Å²) in [6.45, 7) is 0.235. The van der Waals surface area contributed by atoms with Crippen molar-refractivity contribution in [3.8, 4) is 0 Å². The maximum Gasteiger partial charge on any atom is 0.253 e. The molecular formula is C16H12ClFN2O. The van der Waals surface area contributed by atoms with Crippen LogP contribution in [0.4, 0.5) is 10.1 Å². The second kappa shape index (κ2) is 5.58. The number of benzene rings is 2. The third-order valence-electron chi connectivity index (χ3n) is 3.25. The summed E-state index contributed by atoms with van der Waals surface area (Å²) < 4.78 is 13.5. The van der Waals surface area contributed by atoms with E-state index < -0.39 is 0 Å². The highest BCUT2D eigenvalue weighted by Crippen LogP contribution is 2.20. The van der Waals surface area contributed by atoms with Gasteiger partial charge in [-0.05, 0) is 24.3 Å². The van der Waals surface area contributed by atoms with Crippen LogP contribution >= 0.6 is 11.6 Å². The SMILES string of the molecule is O=c1[nH]c2c(Cl)cccc2cc1CNc1ccccc1F. The van der Waals surface area contributed by atoms with Crippen molar-refractivity contribution >= 4 is 28.2 Å². The molecule has 0 radical (unpaired) electrons. The molecular weight excluding hydrogens is 291 g/mol. The molecule has 3 rings (SSSR count). The quantitative estimate of drug-likeness (QED) is 0.770. The van der Waals surface area contributed by atoms with Gasteiger partial charge in [-0.3, -0.25) is 4.79 Å². The van der Waals surface area contributed by atoms with Crippen LogP contribution < -0.4 is 10.9 Å². The fraction of sp³-hybridized carbons (Fsp3) is 0.0625. The summed E-state index contributed by atoms with van der Waals surface area (Å²) in [5.74, 6) is -0.349. The summed E-state index contributed by atoms with van der Waals surface area (Å²) in [6, 6.07) is 13.5. The predicted octanol–water partition coefficient (Wildman–Crippen LogP) is 3.93. The second-order valence-corrected chi connectivity index (χ2v) is 5.07. The Hall–Kier alpha value is -2.33. The molecule has 0 amide bonds. The number of anilines is 1. The van der Waals surface area contributed by atoms with Crippen LogP contribution in [0.1, 0.15) is 5.56 Å². The van der Waals surface area contributed by atoms with Gasteiger partial charge < -0.3 is 10.3 Å². The number of aromatic amines is 1. The van der Waals surface area contributed by atoms with Crippen LogP contribution in [0.15, 0.2) is 53.3 Å². The van der Waals surface area contributed by atoms with Gasteiger partial charge in [0.2, 0.25) is 0 Å². The number of fused-ring (bicyclic) bond motifs is 1. The molecule has 2 N–H and O–H groups in total. The highest BCUT2D eigenvalue weighted by molar-refractivity contribution is 6.35. The zero-order valence-electron chi connectivity index (χ0n) is 11.0. The lowest BCUT2D eigenvalue weighted by Crippen LogP contribution is -2.16. The number of H-pyrrole nitrogens is 1. The first-order chi connectivity index (χ1) is 10.1. The smallest absolute Gasteiger partial charge is 0.253 e. The normalized spacial score (nSPS) is 10.8.